The van der Waals surface area contributed by atoms with Gasteiger partial charge in [-0.05, 0) is 74.5 Å². The molecule has 3 nitrogen and oxygen atoms in total. The summed E-state index contributed by atoms with van der Waals surface area (Å²) >= 11 is 3.94. The standard InChI is InChI=1S/C20H24BrF2NO2/c21-20-10-14-7-15(11-20)9-19(8-14,12-20)17(25)24-6-5-13-1-3-16(4-2-13)26-18(22)23/h1-4,14-15,18H,5-12H2,(H,24,25)/t14-,15-,19?,20?/m1/s1. The molecular formula is C20H24BrF2NO2. The van der Waals surface area contributed by atoms with Gasteiger partial charge in [-0.2, -0.15) is 8.78 Å². The molecule has 0 radical (unpaired) electrons. The maximum Gasteiger partial charge on any atom is 0.387 e. The number of nitrogens with one attached hydrogen (secondary N) is 1. The van der Waals surface area contributed by atoms with Gasteiger partial charge in [0.2, 0.25) is 5.91 Å². The van der Waals surface area contributed by atoms with E-state index in [2.05, 4.69) is 26.0 Å². The van der Waals surface area contributed by atoms with E-state index in [9.17, 15) is 13.6 Å². The lowest BCUT2D eigenvalue weighted by Crippen LogP contribution is -2.58. The fraction of sp³-hybridized carbons (Fsp3) is 0.650. The number of hydrogen-bond acceptors (Lipinski definition) is 2. The van der Waals surface area contributed by atoms with Gasteiger partial charge in [-0.25, -0.2) is 0 Å². The zero-order chi connectivity index (χ0) is 18.4. The minimum Gasteiger partial charge on any atom is -0.435 e. The van der Waals surface area contributed by atoms with Crippen LogP contribution < -0.4 is 10.1 Å². The number of halogens is 3. The summed E-state index contributed by atoms with van der Waals surface area (Å²) in [6, 6.07) is 6.61. The third kappa shape index (κ3) is 3.62. The molecule has 4 saturated carbocycles. The van der Waals surface area contributed by atoms with Gasteiger partial charge in [0.15, 0.2) is 0 Å². The van der Waals surface area contributed by atoms with E-state index in [-0.39, 0.29) is 21.4 Å². The molecule has 1 aromatic carbocycles. The summed E-state index contributed by atoms with van der Waals surface area (Å²) in [6.07, 6.45) is 7.42. The van der Waals surface area contributed by atoms with Crippen molar-refractivity contribution in [3.63, 3.8) is 0 Å². The lowest BCUT2D eigenvalue weighted by Gasteiger charge is -2.59. The number of carbonyl (C=O) groups excluding carboxylic acids is 1. The number of rotatable bonds is 6. The Kier molecular flexibility index (Phi) is 4.74. The van der Waals surface area contributed by atoms with Crippen LogP contribution >= 0.6 is 15.9 Å². The van der Waals surface area contributed by atoms with Crippen molar-refractivity contribution in [1.29, 1.82) is 0 Å². The maximum absolute atomic E-state index is 13.0. The monoisotopic (exact) mass is 427 g/mol. The van der Waals surface area contributed by atoms with E-state index >= 15 is 0 Å². The van der Waals surface area contributed by atoms with Crippen LogP contribution in [-0.2, 0) is 11.2 Å². The van der Waals surface area contributed by atoms with Crippen LogP contribution in [0.5, 0.6) is 5.75 Å². The van der Waals surface area contributed by atoms with Crippen LogP contribution in [-0.4, -0.2) is 23.4 Å². The molecule has 0 aromatic heterocycles. The van der Waals surface area contributed by atoms with Crippen molar-refractivity contribution in [1.82, 2.24) is 5.32 Å². The Morgan fingerprint density at radius 1 is 1.19 bits per heavy atom. The van der Waals surface area contributed by atoms with Crippen molar-refractivity contribution in [3.8, 4) is 5.75 Å². The first kappa shape index (κ1) is 18.2. The highest BCUT2D eigenvalue weighted by Crippen LogP contribution is 2.64. The van der Waals surface area contributed by atoms with Crippen LogP contribution in [0.25, 0.3) is 0 Å². The molecule has 0 heterocycles. The van der Waals surface area contributed by atoms with Gasteiger partial charge in [0.05, 0.1) is 5.41 Å². The molecule has 4 fully saturated rings. The Morgan fingerprint density at radius 2 is 1.85 bits per heavy atom. The van der Waals surface area contributed by atoms with Crippen molar-refractivity contribution in [2.45, 2.75) is 55.9 Å². The molecule has 0 unspecified atom stereocenters. The van der Waals surface area contributed by atoms with Crippen LogP contribution in [0, 0.1) is 17.3 Å². The molecule has 6 heteroatoms. The summed E-state index contributed by atoms with van der Waals surface area (Å²) in [7, 11) is 0. The fourth-order valence-corrected chi connectivity index (χ4v) is 7.21. The minimum absolute atomic E-state index is 0.156. The third-order valence-electron chi connectivity index (χ3n) is 6.32. The van der Waals surface area contributed by atoms with Gasteiger partial charge in [0, 0.05) is 10.9 Å². The quantitative estimate of drug-likeness (QED) is 0.669. The number of amides is 1. The van der Waals surface area contributed by atoms with E-state index < -0.39 is 6.61 Å². The van der Waals surface area contributed by atoms with Crippen molar-refractivity contribution >= 4 is 21.8 Å². The van der Waals surface area contributed by atoms with Gasteiger partial charge in [0.1, 0.15) is 5.75 Å². The molecule has 0 spiro atoms. The molecular weight excluding hydrogens is 404 g/mol. The molecule has 4 bridgehead atoms. The van der Waals surface area contributed by atoms with Gasteiger partial charge >= 0.3 is 6.61 Å². The Labute approximate surface area is 161 Å². The molecule has 2 atom stereocenters. The van der Waals surface area contributed by atoms with Crippen LogP contribution in [0.1, 0.15) is 44.1 Å². The van der Waals surface area contributed by atoms with Crippen LogP contribution in [0.2, 0.25) is 0 Å². The van der Waals surface area contributed by atoms with Gasteiger partial charge < -0.3 is 10.1 Å². The second-order valence-electron chi connectivity index (χ2n) is 8.42. The van der Waals surface area contributed by atoms with E-state index in [1.54, 1.807) is 12.1 Å². The predicted octanol–water partition coefficient (Wildman–Crippen LogP) is 4.68. The molecule has 142 valence electrons. The summed E-state index contributed by atoms with van der Waals surface area (Å²) in [6.45, 7) is -2.24. The van der Waals surface area contributed by atoms with Crippen molar-refractivity contribution < 1.29 is 18.3 Å². The average molecular weight is 428 g/mol. The Bertz CT molecular complexity index is 665. The largest absolute Gasteiger partial charge is 0.435 e. The number of benzene rings is 1. The predicted molar refractivity (Wildman–Crippen MR) is 98.6 cm³/mol. The molecule has 5 rings (SSSR count). The topological polar surface area (TPSA) is 38.3 Å². The van der Waals surface area contributed by atoms with E-state index in [4.69, 9.17) is 0 Å². The number of hydrogen-bond donors (Lipinski definition) is 1. The first-order valence-electron chi connectivity index (χ1n) is 9.37. The van der Waals surface area contributed by atoms with Gasteiger partial charge in [-0.15, -0.1) is 0 Å². The van der Waals surface area contributed by atoms with E-state index in [0.717, 1.165) is 24.8 Å². The third-order valence-corrected chi connectivity index (χ3v) is 7.25. The summed E-state index contributed by atoms with van der Waals surface area (Å²) < 4.78 is 28.9. The number of alkyl halides is 3. The molecule has 4 aliphatic carbocycles. The molecule has 4 aliphatic rings. The normalized spacial score (nSPS) is 34.9. The molecule has 0 aliphatic heterocycles. The molecule has 0 saturated heterocycles. The molecule has 1 amide bonds. The Morgan fingerprint density at radius 3 is 2.42 bits per heavy atom. The fourth-order valence-electron chi connectivity index (χ4n) is 5.76. The summed E-state index contributed by atoms with van der Waals surface area (Å²) in [5.74, 6) is 1.73. The van der Waals surface area contributed by atoms with Crippen molar-refractivity contribution in [2.24, 2.45) is 17.3 Å². The second-order valence-corrected chi connectivity index (χ2v) is 10.1. The highest BCUT2D eigenvalue weighted by atomic mass is 79.9. The lowest BCUT2D eigenvalue weighted by molar-refractivity contribution is -0.144. The van der Waals surface area contributed by atoms with E-state index in [1.165, 1.54) is 31.4 Å². The lowest BCUT2D eigenvalue weighted by atomic mass is 9.49. The van der Waals surface area contributed by atoms with Crippen LogP contribution in [0.3, 0.4) is 0 Å². The molecule has 1 aromatic rings. The van der Waals surface area contributed by atoms with E-state index in [0.29, 0.717) is 24.8 Å². The van der Waals surface area contributed by atoms with Gasteiger partial charge in [-0.1, -0.05) is 28.1 Å². The smallest absolute Gasteiger partial charge is 0.387 e. The van der Waals surface area contributed by atoms with Crippen LogP contribution in [0.15, 0.2) is 24.3 Å². The van der Waals surface area contributed by atoms with Crippen LogP contribution in [0.4, 0.5) is 8.78 Å². The minimum atomic E-state index is -2.81. The first-order chi connectivity index (χ1) is 12.4. The van der Waals surface area contributed by atoms with Gasteiger partial charge in [-0.3, -0.25) is 4.79 Å². The van der Waals surface area contributed by atoms with Crippen molar-refractivity contribution in [2.75, 3.05) is 6.54 Å². The Balaban J connectivity index is 1.32. The number of ether oxygens (including phenoxy) is 1. The highest BCUT2D eigenvalue weighted by Gasteiger charge is 2.59. The SMILES string of the molecule is O=C(NCCc1ccc(OC(F)F)cc1)C12C[C@H]3C[C@@H](CC(Br)(C3)C1)C2. The summed E-state index contributed by atoms with van der Waals surface area (Å²) in [5.41, 5.74) is 0.803. The first-order valence-corrected chi connectivity index (χ1v) is 10.2. The zero-order valence-electron chi connectivity index (χ0n) is 14.6. The zero-order valence-corrected chi connectivity index (χ0v) is 16.2. The highest BCUT2D eigenvalue weighted by molar-refractivity contribution is 9.10. The maximum atomic E-state index is 13.0. The summed E-state index contributed by atoms with van der Waals surface area (Å²) in [4.78, 5) is 13.0. The molecule has 1 N–H and O–H groups in total. The second kappa shape index (κ2) is 6.77. The Hall–Kier alpha value is -1.17. The van der Waals surface area contributed by atoms with E-state index in [1.807, 2.05) is 0 Å². The average Bonchev–Trinajstić information content (AvgIpc) is 2.53. The molecule has 26 heavy (non-hydrogen) atoms. The number of carbonyl (C=O) groups is 1. The van der Waals surface area contributed by atoms with Crippen molar-refractivity contribution in [3.05, 3.63) is 29.8 Å². The summed E-state index contributed by atoms with van der Waals surface area (Å²) in [5, 5.41) is 3.14. The van der Waals surface area contributed by atoms with Gasteiger partial charge in [0.25, 0.3) is 0 Å².